The highest BCUT2D eigenvalue weighted by molar-refractivity contribution is 7.22. The lowest BCUT2D eigenvalue weighted by Crippen LogP contribution is -1.97. The van der Waals surface area contributed by atoms with E-state index in [2.05, 4.69) is 15.3 Å². The molecule has 2 heterocycles. The fourth-order valence-corrected chi connectivity index (χ4v) is 3.02. The molecule has 1 aromatic carbocycles. The largest absolute Gasteiger partial charge is 0.491 e. The van der Waals surface area contributed by atoms with Gasteiger partial charge in [-0.2, -0.15) is 0 Å². The molecule has 0 bridgehead atoms. The first-order valence-corrected chi connectivity index (χ1v) is 7.35. The van der Waals surface area contributed by atoms with E-state index in [1.807, 2.05) is 37.4 Å². The standard InChI is InChI=1S/C15H14FN3OS/c1-17-14-4-6-18-15(19-14)13-8-10-2-3-11(20-7-5-16)9-12(10)21-13/h2-4,6,8-9H,5,7H2,1H3,(H,17,18,19). The number of fused-ring (bicyclic) bond motifs is 1. The van der Waals surface area contributed by atoms with Crippen molar-refractivity contribution in [2.24, 2.45) is 0 Å². The number of nitrogens with one attached hydrogen (secondary N) is 1. The fraction of sp³-hybridized carbons (Fsp3) is 0.200. The van der Waals surface area contributed by atoms with Crippen molar-refractivity contribution < 1.29 is 9.13 Å². The van der Waals surface area contributed by atoms with Gasteiger partial charge in [0.25, 0.3) is 0 Å². The Kier molecular flexibility index (Phi) is 3.96. The summed E-state index contributed by atoms with van der Waals surface area (Å²) in [6.45, 7) is -0.407. The molecule has 0 unspecified atom stereocenters. The smallest absolute Gasteiger partial charge is 0.171 e. The first kappa shape index (κ1) is 13.8. The molecular formula is C15H14FN3OS. The molecule has 2 aromatic heterocycles. The summed E-state index contributed by atoms with van der Waals surface area (Å²) in [5.74, 6) is 2.15. The van der Waals surface area contributed by atoms with E-state index >= 15 is 0 Å². The minimum Gasteiger partial charge on any atom is -0.491 e. The number of hydrogen-bond donors (Lipinski definition) is 1. The summed E-state index contributed by atoms with van der Waals surface area (Å²) >= 11 is 1.59. The minimum atomic E-state index is -0.488. The van der Waals surface area contributed by atoms with Crippen molar-refractivity contribution in [3.63, 3.8) is 0 Å². The van der Waals surface area contributed by atoms with Crippen LogP contribution in [0.2, 0.25) is 0 Å². The highest BCUT2D eigenvalue weighted by atomic mass is 32.1. The summed E-state index contributed by atoms with van der Waals surface area (Å²) < 4.78 is 18.5. The van der Waals surface area contributed by atoms with Gasteiger partial charge in [0, 0.05) is 17.9 Å². The van der Waals surface area contributed by atoms with Gasteiger partial charge in [0.05, 0.1) is 4.88 Å². The molecule has 1 N–H and O–H groups in total. The summed E-state index contributed by atoms with van der Waals surface area (Å²) in [6.07, 6.45) is 1.73. The van der Waals surface area contributed by atoms with Crippen molar-refractivity contribution in [3.05, 3.63) is 36.5 Å². The zero-order valence-electron chi connectivity index (χ0n) is 11.5. The predicted octanol–water partition coefficient (Wildman–Crippen LogP) is 3.75. The van der Waals surface area contributed by atoms with Gasteiger partial charge in [-0.15, -0.1) is 11.3 Å². The molecule has 0 amide bonds. The number of rotatable bonds is 5. The monoisotopic (exact) mass is 303 g/mol. The van der Waals surface area contributed by atoms with E-state index in [1.165, 1.54) is 0 Å². The van der Waals surface area contributed by atoms with Crippen molar-refractivity contribution >= 4 is 27.2 Å². The summed E-state index contributed by atoms with van der Waals surface area (Å²) in [6, 6.07) is 9.60. The third kappa shape index (κ3) is 2.95. The lowest BCUT2D eigenvalue weighted by Gasteiger charge is -2.02. The first-order valence-electron chi connectivity index (χ1n) is 6.53. The number of ether oxygens (including phenoxy) is 1. The van der Waals surface area contributed by atoms with Crippen LogP contribution in [0, 0.1) is 0 Å². The molecule has 108 valence electrons. The lowest BCUT2D eigenvalue weighted by molar-refractivity contribution is 0.273. The van der Waals surface area contributed by atoms with Gasteiger partial charge in [0.2, 0.25) is 0 Å². The predicted molar refractivity (Wildman–Crippen MR) is 83.9 cm³/mol. The SMILES string of the molecule is CNc1ccnc(-c2cc3ccc(OCCF)cc3s2)n1. The Balaban J connectivity index is 1.96. The van der Waals surface area contributed by atoms with Crippen LogP contribution in [0.1, 0.15) is 0 Å². The average Bonchev–Trinajstić information content (AvgIpc) is 2.96. The van der Waals surface area contributed by atoms with E-state index in [9.17, 15) is 4.39 Å². The maximum atomic E-state index is 12.1. The summed E-state index contributed by atoms with van der Waals surface area (Å²) in [4.78, 5) is 9.73. The second-order valence-corrected chi connectivity index (χ2v) is 5.45. The van der Waals surface area contributed by atoms with Crippen molar-refractivity contribution in [2.45, 2.75) is 0 Å². The normalized spacial score (nSPS) is 10.8. The Hall–Kier alpha value is -2.21. The van der Waals surface area contributed by atoms with E-state index < -0.39 is 6.67 Å². The molecular weight excluding hydrogens is 289 g/mol. The Morgan fingerprint density at radius 3 is 3.00 bits per heavy atom. The van der Waals surface area contributed by atoms with E-state index in [1.54, 1.807) is 17.5 Å². The maximum absolute atomic E-state index is 12.1. The van der Waals surface area contributed by atoms with Crippen LogP contribution in [0.4, 0.5) is 10.2 Å². The Morgan fingerprint density at radius 1 is 1.29 bits per heavy atom. The number of hydrogen-bond acceptors (Lipinski definition) is 5. The molecule has 0 saturated heterocycles. The number of benzene rings is 1. The van der Waals surface area contributed by atoms with Crippen LogP contribution in [-0.4, -0.2) is 30.3 Å². The van der Waals surface area contributed by atoms with Crippen LogP contribution in [0.5, 0.6) is 5.75 Å². The van der Waals surface area contributed by atoms with Gasteiger partial charge in [-0.3, -0.25) is 0 Å². The van der Waals surface area contributed by atoms with Gasteiger partial charge in [0.1, 0.15) is 24.8 Å². The summed E-state index contributed by atoms with van der Waals surface area (Å²) in [7, 11) is 1.82. The number of aromatic nitrogens is 2. The third-order valence-corrected chi connectivity index (χ3v) is 4.06. The summed E-state index contributed by atoms with van der Waals surface area (Å²) in [5.41, 5.74) is 0. The first-order chi connectivity index (χ1) is 10.3. The molecule has 0 spiro atoms. The van der Waals surface area contributed by atoms with Crippen LogP contribution in [0.3, 0.4) is 0 Å². The molecule has 0 aliphatic rings. The van der Waals surface area contributed by atoms with E-state index in [4.69, 9.17) is 4.74 Å². The maximum Gasteiger partial charge on any atom is 0.171 e. The van der Waals surface area contributed by atoms with Gasteiger partial charge in [-0.1, -0.05) is 0 Å². The van der Waals surface area contributed by atoms with Crippen molar-refractivity contribution in [1.82, 2.24) is 9.97 Å². The Morgan fingerprint density at radius 2 is 2.19 bits per heavy atom. The van der Waals surface area contributed by atoms with Crippen molar-refractivity contribution in [1.29, 1.82) is 0 Å². The van der Waals surface area contributed by atoms with E-state index in [0.717, 1.165) is 20.8 Å². The van der Waals surface area contributed by atoms with Crippen LogP contribution < -0.4 is 10.1 Å². The second-order valence-electron chi connectivity index (χ2n) is 4.36. The molecule has 21 heavy (non-hydrogen) atoms. The highest BCUT2D eigenvalue weighted by Gasteiger charge is 2.08. The molecule has 0 aliphatic heterocycles. The second kappa shape index (κ2) is 6.05. The molecule has 6 heteroatoms. The minimum absolute atomic E-state index is 0.0804. The molecule has 0 fully saturated rings. The molecule has 0 atom stereocenters. The van der Waals surface area contributed by atoms with Gasteiger partial charge in [0.15, 0.2) is 5.82 Å². The van der Waals surface area contributed by atoms with Crippen LogP contribution >= 0.6 is 11.3 Å². The molecule has 3 rings (SSSR count). The van der Waals surface area contributed by atoms with Gasteiger partial charge in [-0.05, 0) is 35.7 Å². The number of alkyl halides is 1. The van der Waals surface area contributed by atoms with Crippen LogP contribution in [0.25, 0.3) is 20.8 Å². The van der Waals surface area contributed by atoms with Gasteiger partial charge < -0.3 is 10.1 Å². The average molecular weight is 303 g/mol. The summed E-state index contributed by atoms with van der Waals surface area (Å²) in [5, 5.41) is 4.10. The quantitative estimate of drug-likeness (QED) is 0.780. The van der Waals surface area contributed by atoms with E-state index in [0.29, 0.717) is 11.6 Å². The molecule has 0 radical (unpaired) electrons. The number of anilines is 1. The topological polar surface area (TPSA) is 47.0 Å². The Bertz CT molecular complexity index is 760. The highest BCUT2D eigenvalue weighted by Crippen LogP contribution is 2.34. The van der Waals surface area contributed by atoms with E-state index in [-0.39, 0.29) is 6.61 Å². The van der Waals surface area contributed by atoms with Gasteiger partial charge in [-0.25, -0.2) is 14.4 Å². The number of thiophene rings is 1. The zero-order chi connectivity index (χ0) is 14.7. The molecule has 0 saturated carbocycles. The van der Waals surface area contributed by atoms with Crippen molar-refractivity contribution in [3.8, 4) is 16.5 Å². The number of nitrogens with zero attached hydrogens (tertiary/aromatic N) is 2. The third-order valence-electron chi connectivity index (χ3n) is 2.97. The Labute approximate surface area is 125 Å². The van der Waals surface area contributed by atoms with Crippen LogP contribution in [-0.2, 0) is 0 Å². The van der Waals surface area contributed by atoms with Gasteiger partial charge >= 0.3 is 0 Å². The number of halogens is 1. The zero-order valence-corrected chi connectivity index (χ0v) is 12.3. The van der Waals surface area contributed by atoms with Crippen molar-refractivity contribution in [2.75, 3.05) is 25.6 Å². The fourth-order valence-electron chi connectivity index (χ4n) is 1.98. The molecule has 4 nitrogen and oxygen atoms in total. The van der Waals surface area contributed by atoms with Crippen LogP contribution in [0.15, 0.2) is 36.5 Å². The lowest BCUT2D eigenvalue weighted by atomic mass is 10.2. The molecule has 3 aromatic rings. The molecule has 0 aliphatic carbocycles.